The van der Waals surface area contributed by atoms with E-state index in [0.29, 0.717) is 33.1 Å². The quantitative estimate of drug-likeness (QED) is 0.247. The van der Waals surface area contributed by atoms with Gasteiger partial charge < -0.3 is 16.1 Å². The number of hydrogen-bond acceptors (Lipinski definition) is 5. The van der Waals surface area contributed by atoms with Crippen LogP contribution in [0.1, 0.15) is 0 Å². The van der Waals surface area contributed by atoms with Gasteiger partial charge in [0.25, 0.3) is 0 Å². The number of nitrogens with two attached hydrogens (primary N) is 2. The van der Waals surface area contributed by atoms with Gasteiger partial charge in [-0.1, -0.05) is 41.9 Å². The summed E-state index contributed by atoms with van der Waals surface area (Å²) in [5.74, 6) is 5.57. The Balaban J connectivity index is 2.08. The van der Waals surface area contributed by atoms with Gasteiger partial charge in [0.15, 0.2) is 5.43 Å². The lowest BCUT2D eigenvalue weighted by atomic mass is 9.97. The summed E-state index contributed by atoms with van der Waals surface area (Å²) in [5, 5.41) is 0.851. The summed E-state index contributed by atoms with van der Waals surface area (Å²) in [4.78, 5) is 20.1. The van der Waals surface area contributed by atoms with Crippen molar-refractivity contribution in [1.82, 2.24) is 9.97 Å². The number of pyridine rings is 2. The van der Waals surface area contributed by atoms with E-state index in [2.05, 4.69) is 10.4 Å². The summed E-state index contributed by atoms with van der Waals surface area (Å²) < 4.78 is 0. The van der Waals surface area contributed by atoms with Gasteiger partial charge >= 0.3 is 0 Å². The van der Waals surface area contributed by atoms with E-state index in [1.54, 1.807) is 18.3 Å². The van der Waals surface area contributed by atoms with Gasteiger partial charge in [0.2, 0.25) is 0 Å². The van der Waals surface area contributed by atoms with Gasteiger partial charge in [0, 0.05) is 23.4 Å². The zero-order valence-electron chi connectivity index (χ0n) is 14.2. The number of aromatic amines is 1. The lowest BCUT2D eigenvalue weighted by Crippen LogP contribution is -2.09. The summed E-state index contributed by atoms with van der Waals surface area (Å²) >= 11 is 6.29. The minimum absolute atomic E-state index is 0.115. The van der Waals surface area contributed by atoms with Crippen molar-refractivity contribution in [2.45, 2.75) is 0 Å². The lowest BCUT2D eigenvalue weighted by molar-refractivity contribution is 1.28. The minimum Gasteiger partial charge on any atom is -0.396 e. The van der Waals surface area contributed by atoms with Crippen LogP contribution in [-0.2, 0) is 0 Å². The molecular formula is C20H16ClN5O. The van der Waals surface area contributed by atoms with Gasteiger partial charge in [0.1, 0.15) is 5.65 Å². The number of nitrogens with one attached hydrogen (secondary N) is 2. The average Bonchev–Trinajstić information content (AvgIpc) is 2.70. The smallest absolute Gasteiger partial charge is 0.191 e. The lowest BCUT2D eigenvalue weighted by Gasteiger charge is -2.14. The molecule has 2 aromatic carbocycles. The molecule has 2 aromatic heterocycles. The van der Waals surface area contributed by atoms with E-state index in [1.807, 2.05) is 36.4 Å². The van der Waals surface area contributed by atoms with E-state index < -0.39 is 0 Å². The first-order valence-corrected chi connectivity index (χ1v) is 8.60. The highest BCUT2D eigenvalue weighted by atomic mass is 35.5. The molecule has 0 saturated carbocycles. The predicted molar refractivity (Wildman–Crippen MR) is 110 cm³/mol. The number of H-pyrrole nitrogens is 1. The van der Waals surface area contributed by atoms with Crippen LogP contribution >= 0.6 is 11.6 Å². The monoisotopic (exact) mass is 377 g/mol. The third-order valence-electron chi connectivity index (χ3n) is 4.39. The Kier molecular flexibility index (Phi) is 4.27. The van der Waals surface area contributed by atoms with Crippen LogP contribution in [0.25, 0.3) is 33.4 Å². The van der Waals surface area contributed by atoms with Crippen molar-refractivity contribution in [1.29, 1.82) is 0 Å². The zero-order chi connectivity index (χ0) is 19.0. The molecule has 7 heteroatoms. The fraction of sp³-hybridized carbons (Fsp3) is 0. The molecule has 0 bridgehead atoms. The molecule has 6 nitrogen and oxygen atoms in total. The Morgan fingerprint density at radius 3 is 2.56 bits per heavy atom. The summed E-state index contributed by atoms with van der Waals surface area (Å²) in [7, 11) is 0. The van der Waals surface area contributed by atoms with E-state index in [1.165, 1.54) is 6.07 Å². The Bertz CT molecular complexity index is 1200. The maximum absolute atomic E-state index is 12.3. The SMILES string of the molecule is NNc1cc(-c2cc3c(=O)cc[nH]c3nc2-c2ccccc2)cc(Cl)c1N. The first-order valence-electron chi connectivity index (χ1n) is 8.22. The molecular weight excluding hydrogens is 362 g/mol. The third-order valence-corrected chi connectivity index (χ3v) is 4.70. The topological polar surface area (TPSA) is 110 Å². The van der Waals surface area contributed by atoms with Crippen molar-refractivity contribution < 1.29 is 0 Å². The molecule has 6 N–H and O–H groups in total. The molecule has 0 aliphatic carbocycles. The second-order valence-corrected chi connectivity index (χ2v) is 6.46. The van der Waals surface area contributed by atoms with Gasteiger partial charge in [-0.15, -0.1) is 0 Å². The number of benzene rings is 2. The van der Waals surface area contributed by atoms with E-state index in [-0.39, 0.29) is 5.43 Å². The molecule has 134 valence electrons. The molecule has 27 heavy (non-hydrogen) atoms. The van der Waals surface area contributed by atoms with Crippen LogP contribution in [-0.4, -0.2) is 9.97 Å². The number of fused-ring (bicyclic) bond motifs is 1. The van der Waals surface area contributed by atoms with Gasteiger partial charge in [-0.3, -0.25) is 10.6 Å². The van der Waals surface area contributed by atoms with Crippen LogP contribution in [0.5, 0.6) is 0 Å². The normalized spacial score (nSPS) is 10.9. The zero-order valence-corrected chi connectivity index (χ0v) is 14.9. The highest BCUT2D eigenvalue weighted by molar-refractivity contribution is 6.34. The first-order chi connectivity index (χ1) is 13.1. The molecule has 0 amide bonds. The van der Waals surface area contributed by atoms with Gasteiger partial charge in [-0.25, -0.2) is 4.98 Å². The fourth-order valence-corrected chi connectivity index (χ4v) is 3.25. The molecule has 0 saturated heterocycles. The molecule has 0 aliphatic heterocycles. The second-order valence-electron chi connectivity index (χ2n) is 6.05. The number of nitrogen functional groups attached to an aromatic ring is 2. The summed E-state index contributed by atoms with van der Waals surface area (Å²) in [6.07, 6.45) is 1.59. The van der Waals surface area contributed by atoms with E-state index in [9.17, 15) is 4.79 Å². The number of aromatic nitrogens is 2. The van der Waals surface area contributed by atoms with Crippen molar-refractivity contribution in [3.05, 3.63) is 76.0 Å². The maximum atomic E-state index is 12.3. The van der Waals surface area contributed by atoms with Crippen molar-refractivity contribution in [3.63, 3.8) is 0 Å². The molecule has 0 radical (unpaired) electrons. The number of halogens is 1. The molecule has 4 aromatic rings. The molecule has 4 rings (SSSR count). The molecule has 0 unspecified atom stereocenters. The van der Waals surface area contributed by atoms with Crippen molar-refractivity contribution in [3.8, 4) is 22.4 Å². The number of hydrazine groups is 1. The largest absolute Gasteiger partial charge is 0.396 e. The Morgan fingerprint density at radius 2 is 1.81 bits per heavy atom. The highest BCUT2D eigenvalue weighted by Crippen LogP contribution is 2.38. The third kappa shape index (κ3) is 3.01. The number of hydrogen-bond donors (Lipinski definition) is 4. The highest BCUT2D eigenvalue weighted by Gasteiger charge is 2.15. The van der Waals surface area contributed by atoms with Gasteiger partial charge in [0.05, 0.1) is 27.5 Å². The molecule has 0 fully saturated rings. The number of nitrogens with zero attached hydrogens (tertiary/aromatic N) is 1. The molecule has 2 heterocycles. The van der Waals surface area contributed by atoms with E-state index in [0.717, 1.165) is 16.7 Å². The first kappa shape index (κ1) is 17.1. The Labute approximate surface area is 159 Å². The summed E-state index contributed by atoms with van der Waals surface area (Å²) in [6, 6.07) is 16.5. The molecule has 0 spiro atoms. The standard InChI is InChI=1S/C20H16ClN5O/c21-15-8-12(9-16(26-23)18(15)22)13-10-14-17(27)6-7-24-20(14)25-19(13)11-4-2-1-3-5-11/h1-10,26H,22-23H2,(H,24,25,27). The van der Waals surface area contributed by atoms with Gasteiger partial charge in [-0.2, -0.15) is 0 Å². The van der Waals surface area contributed by atoms with Crippen LogP contribution < -0.4 is 22.4 Å². The number of rotatable bonds is 3. The fourth-order valence-electron chi connectivity index (χ4n) is 3.03. The predicted octanol–water partition coefficient (Wildman–Crippen LogP) is 3.78. The average molecular weight is 378 g/mol. The summed E-state index contributed by atoms with van der Waals surface area (Å²) in [5.41, 5.74) is 12.9. The second kappa shape index (κ2) is 6.75. The Morgan fingerprint density at radius 1 is 1.04 bits per heavy atom. The van der Waals surface area contributed by atoms with Crippen LogP contribution in [0.15, 0.2) is 65.6 Å². The molecule has 0 atom stereocenters. The van der Waals surface area contributed by atoms with Crippen molar-refractivity contribution in [2.24, 2.45) is 5.84 Å². The van der Waals surface area contributed by atoms with Crippen LogP contribution in [0.4, 0.5) is 11.4 Å². The van der Waals surface area contributed by atoms with Gasteiger partial charge in [-0.05, 0) is 23.8 Å². The number of anilines is 2. The maximum Gasteiger partial charge on any atom is 0.191 e. The van der Waals surface area contributed by atoms with Crippen molar-refractivity contribution >= 4 is 34.0 Å². The molecule has 0 aliphatic rings. The van der Waals surface area contributed by atoms with Crippen LogP contribution in [0.2, 0.25) is 5.02 Å². The van der Waals surface area contributed by atoms with E-state index in [4.69, 9.17) is 28.2 Å². The van der Waals surface area contributed by atoms with E-state index >= 15 is 0 Å². The Hall–Kier alpha value is -3.35. The van der Waals surface area contributed by atoms with Crippen molar-refractivity contribution in [2.75, 3.05) is 11.2 Å². The summed E-state index contributed by atoms with van der Waals surface area (Å²) in [6.45, 7) is 0. The van der Waals surface area contributed by atoms with Crippen LogP contribution in [0.3, 0.4) is 0 Å². The minimum atomic E-state index is -0.115. The van der Waals surface area contributed by atoms with Crippen LogP contribution in [0, 0.1) is 0 Å².